The number of thiophene rings is 1. The zero-order chi connectivity index (χ0) is 13.1. The van der Waals surface area contributed by atoms with Crippen molar-refractivity contribution in [2.24, 2.45) is 5.73 Å². The minimum Gasteiger partial charge on any atom is -0.364 e. The molecule has 0 bridgehead atoms. The number of imidazole rings is 1. The van der Waals surface area contributed by atoms with Crippen molar-refractivity contribution in [1.82, 2.24) is 14.5 Å². The molecule has 1 fully saturated rings. The minimum absolute atomic E-state index is 0.0281. The highest BCUT2D eigenvalue weighted by Gasteiger charge is 2.42. The van der Waals surface area contributed by atoms with Gasteiger partial charge in [-0.25, -0.2) is 4.98 Å². The maximum Gasteiger partial charge on any atom is 0.269 e. The second-order valence-corrected chi connectivity index (χ2v) is 5.57. The van der Waals surface area contributed by atoms with Crippen molar-refractivity contribution in [2.75, 3.05) is 6.54 Å². The molecule has 0 spiro atoms. The van der Waals surface area contributed by atoms with Gasteiger partial charge in [-0.05, 0) is 17.9 Å². The van der Waals surface area contributed by atoms with Crippen molar-refractivity contribution < 1.29 is 9.59 Å². The third-order valence-electron chi connectivity index (χ3n) is 3.73. The molecule has 1 saturated heterocycles. The molecule has 2 aromatic rings. The number of primary amides is 1. The molecule has 19 heavy (non-hydrogen) atoms. The van der Waals surface area contributed by atoms with E-state index in [2.05, 4.69) is 4.98 Å². The lowest BCUT2D eigenvalue weighted by Crippen LogP contribution is -2.45. The SMILES string of the molecule is NC(=O)c1ncn2c1[C@@H]1CCN1C(=O)c1sccc1-2. The summed E-state index contributed by atoms with van der Waals surface area (Å²) in [6, 6.07) is 1.79. The smallest absolute Gasteiger partial charge is 0.269 e. The molecule has 2 N–H and O–H groups in total. The molecule has 0 saturated carbocycles. The minimum atomic E-state index is -0.549. The Bertz CT molecular complexity index is 717. The Morgan fingerprint density at radius 1 is 1.53 bits per heavy atom. The molecule has 0 aromatic carbocycles. The molecule has 1 atom stereocenters. The van der Waals surface area contributed by atoms with Gasteiger partial charge < -0.3 is 10.6 Å². The van der Waals surface area contributed by atoms with E-state index < -0.39 is 5.91 Å². The zero-order valence-electron chi connectivity index (χ0n) is 9.87. The van der Waals surface area contributed by atoms with Crippen LogP contribution in [0.4, 0.5) is 0 Å². The molecular weight excluding hydrogens is 264 g/mol. The Morgan fingerprint density at radius 2 is 2.37 bits per heavy atom. The Kier molecular flexibility index (Phi) is 1.95. The summed E-state index contributed by atoms with van der Waals surface area (Å²) in [6.45, 7) is 0.713. The first-order valence-electron chi connectivity index (χ1n) is 5.94. The fourth-order valence-corrected chi connectivity index (χ4v) is 3.59. The number of carbonyl (C=O) groups excluding carboxylic acids is 2. The number of rotatable bonds is 1. The quantitative estimate of drug-likeness (QED) is 0.840. The highest BCUT2D eigenvalue weighted by molar-refractivity contribution is 7.12. The summed E-state index contributed by atoms with van der Waals surface area (Å²) in [5.74, 6) is -0.521. The summed E-state index contributed by atoms with van der Waals surface area (Å²) in [6.07, 6.45) is 2.42. The number of nitrogens with zero attached hydrogens (tertiary/aromatic N) is 3. The van der Waals surface area contributed by atoms with E-state index in [0.717, 1.165) is 17.8 Å². The highest BCUT2D eigenvalue weighted by atomic mass is 32.1. The van der Waals surface area contributed by atoms with Crippen molar-refractivity contribution in [3.63, 3.8) is 0 Å². The molecule has 2 aromatic heterocycles. The van der Waals surface area contributed by atoms with Crippen LogP contribution in [0.2, 0.25) is 0 Å². The van der Waals surface area contributed by atoms with E-state index in [9.17, 15) is 9.59 Å². The van der Waals surface area contributed by atoms with Gasteiger partial charge in [-0.15, -0.1) is 11.3 Å². The van der Waals surface area contributed by atoms with Crippen LogP contribution in [0.5, 0.6) is 0 Å². The van der Waals surface area contributed by atoms with Crippen LogP contribution in [0.15, 0.2) is 17.8 Å². The van der Waals surface area contributed by atoms with Gasteiger partial charge in [-0.1, -0.05) is 0 Å². The van der Waals surface area contributed by atoms with Crippen LogP contribution in [0.3, 0.4) is 0 Å². The fraction of sp³-hybridized carbons (Fsp3) is 0.250. The van der Waals surface area contributed by atoms with E-state index in [1.54, 1.807) is 11.2 Å². The number of aromatic nitrogens is 2. The number of hydrogen-bond acceptors (Lipinski definition) is 4. The van der Waals surface area contributed by atoms with Crippen molar-refractivity contribution in [3.05, 3.63) is 34.0 Å². The molecule has 96 valence electrons. The van der Waals surface area contributed by atoms with Gasteiger partial charge >= 0.3 is 0 Å². The van der Waals surface area contributed by atoms with Gasteiger partial charge in [0.05, 0.1) is 17.4 Å². The normalized spacial score (nSPS) is 20.1. The second kappa shape index (κ2) is 3.45. The number of fused-ring (bicyclic) bond motifs is 5. The Balaban J connectivity index is 2.04. The van der Waals surface area contributed by atoms with Crippen LogP contribution in [0.1, 0.15) is 38.3 Å². The molecule has 2 aliphatic rings. The summed E-state index contributed by atoms with van der Waals surface area (Å²) in [5, 5.41) is 1.87. The fourth-order valence-electron chi connectivity index (χ4n) is 2.76. The van der Waals surface area contributed by atoms with E-state index in [1.165, 1.54) is 11.3 Å². The van der Waals surface area contributed by atoms with Crippen molar-refractivity contribution >= 4 is 23.2 Å². The predicted molar refractivity (Wildman–Crippen MR) is 68.4 cm³/mol. The van der Waals surface area contributed by atoms with Crippen LogP contribution in [0.25, 0.3) is 5.69 Å². The van der Waals surface area contributed by atoms with E-state index in [0.29, 0.717) is 11.4 Å². The first-order chi connectivity index (χ1) is 9.18. The van der Waals surface area contributed by atoms with E-state index in [-0.39, 0.29) is 17.6 Å². The summed E-state index contributed by atoms with van der Waals surface area (Å²) < 4.78 is 1.83. The van der Waals surface area contributed by atoms with Gasteiger partial charge in [0.15, 0.2) is 5.69 Å². The van der Waals surface area contributed by atoms with Crippen molar-refractivity contribution in [1.29, 1.82) is 0 Å². The molecule has 7 heteroatoms. The average Bonchev–Trinajstić information content (AvgIpc) is 2.90. The van der Waals surface area contributed by atoms with Gasteiger partial charge in [-0.3, -0.25) is 14.2 Å². The Morgan fingerprint density at radius 3 is 3.05 bits per heavy atom. The number of carbonyl (C=O) groups is 2. The van der Waals surface area contributed by atoms with E-state index in [1.807, 2.05) is 16.0 Å². The molecule has 4 heterocycles. The van der Waals surface area contributed by atoms with Crippen LogP contribution in [-0.2, 0) is 0 Å². The summed E-state index contributed by atoms with van der Waals surface area (Å²) in [4.78, 5) is 30.5. The topological polar surface area (TPSA) is 81.2 Å². The first kappa shape index (κ1) is 10.7. The Hall–Kier alpha value is -2.15. The van der Waals surface area contributed by atoms with Crippen LogP contribution in [-0.4, -0.2) is 32.8 Å². The van der Waals surface area contributed by atoms with Crippen LogP contribution >= 0.6 is 11.3 Å². The second-order valence-electron chi connectivity index (χ2n) is 4.65. The van der Waals surface area contributed by atoms with Gasteiger partial charge in [0.2, 0.25) is 0 Å². The summed E-state index contributed by atoms with van der Waals surface area (Å²) in [7, 11) is 0. The van der Waals surface area contributed by atoms with Crippen LogP contribution in [0, 0.1) is 0 Å². The van der Waals surface area contributed by atoms with Gasteiger partial charge in [0.1, 0.15) is 11.2 Å². The highest BCUT2D eigenvalue weighted by Crippen LogP contribution is 2.42. The molecular formula is C12H10N4O2S. The van der Waals surface area contributed by atoms with Gasteiger partial charge in [0.25, 0.3) is 11.8 Å². The van der Waals surface area contributed by atoms with Crippen molar-refractivity contribution in [3.8, 4) is 5.69 Å². The average molecular weight is 274 g/mol. The predicted octanol–water partition coefficient (Wildman–Crippen LogP) is 0.933. The Labute approximate surface area is 112 Å². The number of nitrogens with two attached hydrogens (primary N) is 1. The first-order valence-corrected chi connectivity index (χ1v) is 6.82. The number of amides is 2. The standard InChI is InChI=1S/C12H10N4O2S/c13-11(17)8-9-6-1-3-15(6)12(18)10-7(2-4-19-10)16(9)5-14-8/h2,4-6H,1,3H2,(H2,13,17)/t6-/m0/s1. The maximum atomic E-state index is 12.4. The molecule has 2 amide bonds. The summed E-state index contributed by atoms with van der Waals surface area (Å²) >= 11 is 1.41. The molecule has 0 aliphatic carbocycles. The van der Waals surface area contributed by atoms with Gasteiger partial charge in [0, 0.05) is 6.54 Å². The van der Waals surface area contributed by atoms with E-state index in [4.69, 9.17) is 5.73 Å². The third-order valence-corrected chi connectivity index (χ3v) is 4.62. The summed E-state index contributed by atoms with van der Waals surface area (Å²) in [5.41, 5.74) is 7.18. The third kappa shape index (κ3) is 1.22. The zero-order valence-corrected chi connectivity index (χ0v) is 10.7. The van der Waals surface area contributed by atoms with Crippen LogP contribution < -0.4 is 5.73 Å². The maximum absolute atomic E-state index is 12.4. The molecule has 4 rings (SSSR count). The molecule has 0 radical (unpaired) electrons. The number of hydrogen-bond donors (Lipinski definition) is 1. The lowest BCUT2D eigenvalue weighted by molar-refractivity contribution is 0.0461. The lowest BCUT2D eigenvalue weighted by atomic mass is 9.98. The molecule has 6 nitrogen and oxygen atoms in total. The molecule has 2 aliphatic heterocycles. The van der Waals surface area contributed by atoms with Gasteiger partial charge in [-0.2, -0.15) is 0 Å². The molecule has 0 unspecified atom stereocenters. The largest absolute Gasteiger partial charge is 0.364 e. The monoisotopic (exact) mass is 274 g/mol. The van der Waals surface area contributed by atoms with E-state index >= 15 is 0 Å². The lowest BCUT2D eigenvalue weighted by Gasteiger charge is -2.39. The van der Waals surface area contributed by atoms with Crippen molar-refractivity contribution in [2.45, 2.75) is 12.5 Å².